The Labute approximate surface area is 161 Å². The van der Waals surface area contributed by atoms with Crippen molar-refractivity contribution in [1.82, 2.24) is 19.9 Å². The van der Waals surface area contributed by atoms with Gasteiger partial charge in [-0.3, -0.25) is 0 Å². The Kier molecular flexibility index (Phi) is 4.07. The maximum atomic E-state index is 4.30. The molecule has 0 amide bonds. The average Bonchev–Trinajstić information content (AvgIpc) is 2.79. The summed E-state index contributed by atoms with van der Waals surface area (Å²) in [7, 11) is 0. The molecular formula is C24H16N4. The molecule has 0 radical (unpaired) electrons. The van der Waals surface area contributed by atoms with Crippen LogP contribution in [-0.2, 0) is 0 Å². The lowest BCUT2D eigenvalue weighted by Gasteiger charge is -2.00. The number of hydrogen-bond acceptors (Lipinski definition) is 4. The zero-order valence-electron chi connectivity index (χ0n) is 15.0. The van der Waals surface area contributed by atoms with Crippen molar-refractivity contribution in [2.24, 2.45) is 0 Å². The fourth-order valence-electron chi connectivity index (χ4n) is 3.45. The molecule has 0 atom stereocenters. The molecule has 0 fully saturated rings. The van der Waals surface area contributed by atoms with E-state index in [0.717, 1.165) is 21.8 Å². The average molecular weight is 360 g/mol. The molecule has 28 heavy (non-hydrogen) atoms. The predicted molar refractivity (Wildman–Crippen MR) is 114 cm³/mol. The van der Waals surface area contributed by atoms with Crippen LogP contribution in [0, 0.1) is 0 Å². The molecule has 132 valence electrons. The highest BCUT2D eigenvalue weighted by Crippen LogP contribution is 2.23. The molecule has 0 spiro atoms. The molecule has 0 saturated heterocycles. The van der Waals surface area contributed by atoms with Gasteiger partial charge in [0, 0.05) is 33.9 Å². The third kappa shape index (κ3) is 2.91. The maximum Gasteiger partial charge on any atom is 0.116 e. The van der Waals surface area contributed by atoms with Crippen LogP contribution in [0.5, 0.6) is 0 Å². The molecule has 0 N–H and O–H groups in total. The quantitative estimate of drug-likeness (QED) is 0.333. The number of nitrogens with zero attached hydrogens (tertiary/aromatic N) is 4. The zero-order valence-corrected chi connectivity index (χ0v) is 15.0. The van der Waals surface area contributed by atoms with Crippen LogP contribution in [0.1, 0.15) is 0 Å². The van der Waals surface area contributed by atoms with Crippen LogP contribution in [-0.4, -0.2) is 19.9 Å². The molecule has 2 aromatic heterocycles. The van der Waals surface area contributed by atoms with E-state index < -0.39 is 0 Å². The molecule has 0 saturated carbocycles. The molecule has 0 aliphatic carbocycles. The van der Waals surface area contributed by atoms with E-state index in [-0.39, 0.29) is 0 Å². The Morgan fingerprint density at radius 3 is 1.36 bits per heavy atom. The van der Waals surface area contributed by atoms with Crippen LogP contribution in [0.3, 0.4) is 0 Å². The minimum Gasteiger partial charge on any atom is -0.244 e. The van der Waals surface area contributed by atoms with Gasteiger partial charge in [-0.2, -0.15) is 0 Å². The fraction of sp³-hybridized carbons (Fsp3) is 0. The first-order valence-electron chi connectivity index (χ1n) is 9.05. The van der Waals surface area contributed by atoms with Gasteiger partial charge in [-0.1, -0.05) is 72.8 Å². The minimum absolute atomic E-state index is 1.03. The molecule has 0 bridgehead atoms. The highest BCUT2D eigenvalue weighted by atomic mass is 14.8. The van der Waals surface area contributed by atoms with Gasteiger partial charge in [0.1, 0.15) is 12.7 Å². The first kappa shape index (κ1) is 16.3. The monoisotopic (exact) mass is 360 g/mol. The molecule has 4 heteroatoms. The van der Waals surface area contributed by atoms with Crippen LogP contribution in [0.4, 0.5) is 0 Å². The van der Waals surface area contributed by atoms with Crippen LogP contribution in [0.15, 0.2) is 97.8 Å². The van der Waals surface area contributed by atoms with E-state index in [1.54, 1.807) is 12.7 Å². The van der Waals surface area contributed by atoms with Crippen molar-refractivity contribution < 1.29 is 0 Å². The van der Waals surface area contributed by atoms with E-state index in [1.165, 1.54) is 21.5 Å². The third-order valence-electron chi connectivity index (χ3n) is 4.80. The van der Waals surface area contributed by atoms with Crippen molar-refractivity contribution in [1.29, 1.82) is 0 Å². The van der Waals surface area contributed by atoms with Gasteiger partial charge in [0.05, 0.1) is 11.0 Å². The van der Waals surface area contributed by atoms with Crippen LogP contribution < -0.4 is 0 Å². The molecular weight excluding hydrogens is 344 g/mol. The summed E-state index contributed by atoms with van der Waals surface area (Å²) in [6.45, 7) is 0. The molecule has 6 rings (SSSR count). The Balaban J connectivity index is 0.000000122. The first-order chi connectivity index (χ1) is 13.9. The maximum absolute atomic E-state index is 4.30. The number of fused-ring (bicyclic) bond motifs is 6. The molecule has 4 aromatic carbocycles. The lowest BCUT2D eigenvalue weighted by molar-refractivity contribution is 1.23. The summed E-state index contributed by atoms with van der Waals surface area (Å²) in [4.78, 5) is 16.6. The smallest absolute Gasteiger partial charge is 0.116 e. The molecule has 0 unspecified atom stereocenters. The Morgan fingerprint density at radius 1 is 0.429 bits per heavy atom. The lowest BCUT2D eigenvalue weighted by Crippen LogP contribution is -1.82. The standard InChI is InChI=1S/2C12H8N2/c2*1-2-4-11-9(3-1)5-6-10-7-13-8-14-12(10)11/h2*1-8H. The Morgan fingerprint density at radius 2 is 0.857 bits per heavy atom. The predicted octanol–water partition coefficient (Wildman–Crippen LogP) is 5.57. The van der Waals surface area contributed by atoms with Gasteiger partial charge in [-0.15, -0.1) is 0 Å². The van der Waals surface area contributed by atoms with Crippen molar-refractivity contribution in [2.75, 3.05) is 0 Å². The normalized spacial score (nSPS) is 10.9. The Hall–Kier alpha value is -3.92. The van der Waals surface area contributed by atoms with Crippen LogP contribution in [0.25, 0.3) is 43.4 Å². The second kappa shape index (κ2) is 7.00. The summed E-state index contributed by atoms with van der Waals surface area (Å²) in [6, 6.07) is 24.8. The number of hydrogen-bond donors (Lipinski definition) is 0. The zero-order chi connectivity index (χ0) is 18.8. The molecule has 0 aliphatic rings. The van der Waals surface area contributed by atoms with Crippen molar-refractivity contribution in [3.8, 4) is 0 Å². The van der Waals surface area contributed by atoms with Crippen LogP contribution >= 0.6 is 0 Å². The number of aromatic nitrogens is 4. The second-order valence-corrected chi connectivity index (χ2v) is 6.49. The SMILES string of the molecule is c1ccc2c(c1)ccc1cncnc12.c1ccc2c(c1)ccc1cncnc12. The molecule has 2 heterocycles. The topological polar surface area (TPSA) is 51.6 Å². The number of rotatable bonds is 0. The summed E-state index contributed by atoms with van der Waals surface area (Å²) in [5.74, 6) is 0. The van der Waals surface area contributed by atoms with Crippen molar-refractivity contribution in [3.63, 3.8) is 0 Å². The van der Waals surface area contributed by atoms with Gasteiger partial charge >= 0.3 is 0 Å². The van der Waals surface area contributed by atoms with E-state index in [1.807, 2.05) is 36.7 Å². The van der Waals surface area contributed by atoms with Gasteiger partial charge in [-0.05, 0) is 10.8 Å². The summed E-state index contributed by atoms with van der Waals surface area (Å²) >= 11 is 0. The van der Waals surface area contributed by atoms with Crippen molar-refractivity contribution >= 4 is 43.4 Å². The van der Waals surface area contributed by atoms with E-state index in [2.05, 4.69) is 68.5 Å². The third-order valence-corrected chi connectivity index (χ3v) is 4.80. The summed E-state index contributed by atoms with van der Waals surface area (Å²) < 4.78 is 0. The summed E-state index contributed by atoms with van der Waals surface area (Å²) in [5.41, 5.74) is 2.05. The lowest BCUT2D eigenvalue weighted by atomic mass is 10.1. The van der Waals surface area contributed by atoms with E-state index in [9.17, 15) is 0 Å². The van der Waals surface area contributed by atoms with E-state index >= 15 is 0 Å². The van der Waals surface area contributed by atoms with Gasteiger partial charge in [0.25, 0.3) is 0 Å². The fourth-order valence-corrected chi connectivity index (χ4v) is 3.45. The minimum atomic E-state index is 1.03. The van der Waals surface area contributed by atoms with E-state index in [0.29, 0.717) is 0 Å². The highest BCUT2D eigenvalue weighted by molar-refractivity contribution is 6.05. The largest absolute Gasteiger partial charge is 0.244 e. The molecule has 6 aromatic rings. The Bertz CT molecular complexity index is 1210. The second-order valence-electron chi connectivity index (χ2n) is 6.49. The summed E-state index contributed by atoms with van der Waals surface area (Å²) in [5, 5.41) is 7.00. The molecule has 4 nitrogen and oxygen atoms in total. The van der Waals surface area contributed by atoms with Gasteiger partial charge in [0.2, 0.25) is 0 Å². The van der Waals surface area contributed by atoms with Crippen molar-refractivity contribution in [3.05, 3.63) is 97.8 Å². The van der Waals surface area contributed by atoms with Gasteiger partial charge < -0.3 is 0 Å². The molecule has 0 aliphatic heterocycles. The van der Waals surface area contributed by atoms with Gasteiger partial charge in [0.15, 0.2) is 0 Å². The van der Waals surface area contributed by atoms with Crippen LogP contribution in [0.2, 0.25) is 0 Å². The first-order valence-corrected chi connectivity index (χ1v) is 9.05. The number of benzene rings is 4. The van der Waals surface area contributed by atoms with Crippen molar-refractivity contribution in [2.45, 2.75) is 0 Å². The summed E-state index contributed by atoms with van der Waals surface area (Å²) in [6.07, 6.45) is 6.87. The van der Waals surface area contributed by atoms with E-state index in [4.69, 9.17) is 0 Å². The highest BCUT2D eigenvalue weighted by Gasteiger charge is 2.00. The van der Waals surface area contributed by atoms with Gasteiger partial charge in [-0.25, -0.2) is 19.9 Å².